The number of carbonyl (C=O) groups is 3. The van der Waals surface area contributed by atoms with Crippen LogP contribution in [0.15, 0.2) is 47.4 Å². The standard InChI is InChI=1S/C24H31N3O8S/c1-4-6-12-26-19-13-17(24(30)34-16-21(28)27(3)15-22(29)33-5-2)14-20(36(25,31)32)23(19)35-18-10-8-7-9-11-18/h7-11,13-14,26H,4-6,12,15-16H2,1-3H3,(H2,25,31,32). The van der Waals surface area contributed by atoms with Gasteiger partial charge in [-0.25, -0.2) is 18.4 Å². The van der Waals surface area contributed by atoms with Crippen LogP contribution >= 0.6 is 0 Å². The summed E-state index contributed by atoms with van der Waals surface area (Å²) in [6, 6.07) is 10.9. The van der Waals surface area contributed by atoms with Crippen LogP contribution in [0.5, 0.6) is 11.5 Å². The third kappa shape index (κ3) is 8.54. The molecule has 12 heteroatoms. The van der Waals surface area contributed by atoms with E-state index in [1.54, 1.807) is 37.3 Å². The van der Waals surface area contributed by atoms with Crippen molar-refractivity contribution >= 4 is 33.6 Å². The number of primary sulfonamides is 1. The maximum Gasteiger partial charge on any atom is 0.338 e. The molecular formula is C24H31N3O8S. The molecule has 0 fully saturated rings. The summed E-state index contributed by atoms with van der Waals surface area (Å²) < 4.78 is 40.5. The zero-order valence-electron chi connectivity index (χ0n) is 20.5. The van der Waals surface area contributed by atoms with Crippen LogP contribution in [0.25, 0.3) is 0 Å². The highest BCUT2D eigenvalue weighted by Gasteiger charge is 2.25. The number of benzene rings is 2. The first-order chi connectivity index (χ1) is 17.1. The number of hydrogen-bond acceptors (Lipinski definition) is 9. The zero-order valence-corrected chi connectivity index (χ0v) is 21.3. The van der Waals surface area contributed by atoms with E-state index in [1.807, 2.05) is 6.92 Å². The van der Waals surface area contributed by atoms with Crippen LogP contribution < -0.4 is 15.2 Å². The molecule has 2 aromatic rings. The molecule has 0 aliphatic rings. The second-order valence-corrected chi connectivity index (χ2v) is 9.25. The molecule has 0 aromatic heterocycles. The summed E-state index contributed by atoms with van der Waals surface area (Å²) in [6.07, 6.45) is 1.64. The Bertz CT molecular complexity index is 1170. The molecule has 0 bridgehead atoms. The van der Waals surface area contributed by atoms with E-state index < -0.39 is 39.4 Å². The summed E-state index contributed by atoms with van der Waals surface area (Å²) in [4.78, 5) is 37.1. The van der Waals surface area contributed by atoms with Gasteiger partial charge in [-0.2, -0.15) is 0 Å². The van der Waals surface area contributed by atoms with Gasteiger partial charge in [-0.1, -0.05) is 31.5 Å². The van der Waals surface area contributed by atoms with Crippen molar-refractivity contribution in [3.63, 3.8) is 0 Å². The van der Waals surface area contributed by atoms with Gasteiger partial charge in [-0.3, -0.25) is 9.59 Å². The first-order valence-corrected chi connectivity index (χ1v) is 12.9. The van der Waals surface area contributed by atoms with Crippen LogP contribution in [-0.4, -0.2) is 64.5 Å². The van der Waals surface area contributed by atoms with Crippen LogP contribution in [0.2, 0.25) is 0 Å². The van der Waals surface area contributed by atoms with Gasteiger partial charge in [-0.05, 0) is 37.6 Å². The Labute approximate surface area is 210 Å². The summed E-state index contributed by atoms with van der Waals surface area (Å²) in [6.45, 7) is 3.29. The lowest BCUT2D eigenvalue weighted by Gasteiger charge is -2.18. The van der Waals surface area contributed by atoms with Crippen LogP contribution in [0.3, 0.4) is 0 Å². The minimum atomic E-state index is -4.33. The number of likely N-dealkylation sites (N-methyl/N-ethyl adjacent to an activating group) is 1. The number of carbonyl (C=O) groups excluding carboxylic acids is 3. The van der Waals surface area contributed by atoms with Crippen molar-refractivity contribution in [2.75, 3.05) is 38.7 Å². The Hall–Kier alpha value is -3.64. The molecule has 0 spiro atoms. The molecule has 0 saturated carbocycles. The van der Waals surface area contributed by atoms with Crippen LogP contribution in [0, 0.1) is 0 Å². The summed E-state index contributed by atoms with van der Waals surface area (Å²) in [5.41, 5.74) is 0.0656. The van der Waals surface area contributed by atoms with Gasteiger partial charge >= 0.3 is 11.9 Å². The fourth-order valence-electron chi connectivity index (χ4n) is 2.98. The van der Waals surface area contributed by atoms with E-state index in [4.69, 9.17) is 19.3 Å². The molecule has 0 aliphatic heterocycles. The number of nitrogens with two attached hydrogens (primary N) is 1. The zero-order chi connectivity index (χ0) is 26.7. The third-order valence-corrected chi connectivity index (χ3v) is 5.75. The second-order valence-electron chi connectivity index (χ2n) is 7.72. The summed E-state index contributed by atoms with van der Waals surface area (Å²) in [5, 5.41) is 8.52. The molecular weight excluding hydrogens is 490 g/mol. The Kier molecular flexibility index (Phi) is 10.7. The molecule has 0 unspecified atom stereocenters. The van der Waals surface area contributed by atoms with Crippen molar-refractivity contribution in [1.29, 1.82) is 0 Å². The highest BCUT2D eigenvalue weighted by molar-refractivity contribution is 7.89. The lowest BCUT2D eigenvalue weighted by molar-refractivity contribution is -0.148. The highest BCUT2D eigenvalue weighted by Crippen LogP contribution is 2.37. The van der Waals surface area contributed by atoms with Crippen molar-refractivity contribution in [2.45, 2.75) is 31.6 Å². The van der Waals surface area contributed by atoms with Gasteiger partial charge in [0, 0.05) is 13.6 Å². The van der Waals surface area contributed by atoms with E-state index in [9.17, 15) is 22.8 Å². The largest absolute Gasteiger partial charge is 0.465 e. The second kappa shape index (κ2) is 13.4. The minimum absolute atomic E-state index is 0.0680. The smallest absolute Gasteiger partial charge is 0.338 e. The number of hydrogen-bond donors (Lipinski definition) is 2. The number of nitrogens with one attached hydrogen (secondary N) is 1. The average molecular weight is 522 g/mol. The van der Waals surface area contributed by atoms with E-state index in [1.165, 1.54) is 13.1 Å². The maximum absolute atomic E-state index is 12.7. The fraction of sp³-hybridized carbons (Fsp3) is 0.375. The van der Waals surface area contributed by atoms with Crippen LogP contribution in [0.1, 0.15) is 37.0 Å². The Balaban J connectivity index is 2.33. The lowest BCUT2D eigenvalue weighted by Crippen LogP contribution is -2.36. The summed E-state index contributed by atoms with van der Waals surface area (Å²) >= 11 is 0. The van der Waals surface area contributed by atoms with Crippen LogP contribution in [-0.2, 0) is 29.1 Å². The number of nitrogens with zero attached hydrogens (tertiary/aromatic N) is 1. The Morgan fingerprint density at radius 3 is 2.36 bits per heavy atom. The number of amides is 1. The Morgan fingerprint density at radius 1 is 1.06 bits per heavy atom. The minimum Gasteiger partial charge on any atom is -0.465 e. The number of anilines is 1. The molecule has 0 atom stereocenters. The number of esters is 2. The average Bonchev–Trinajstić information content (AvgIpc) is 2.83. The van der Waals surface area contributed by atoms with Gasteiger partial charge in [0.1, 0.15) is 17.2 Å². The number of sulfonamides is 1. The third-order valence-electron chi connectivity index (χ3n) is 4.83. The highest BCUT2D eigenvalue weighted by atomic mass is 32.2. The molecule has 11 nitrogen and oxygen atoms in total. The Morgan fingerprint density at radius 2 is 1.75 bits per heavy atom. The van der Waals surface area contributed by atoms with Gasteiger partial charge < -0.3 is 24.4 Å². The molecule has 0 heterocycles. The number of rotatable bonds is 13. The first-order valence-electron chi connectivity index (χ1n) is 11.3. The summed E-state index contributed by atoms with van der Waals surface area (Å²) in [5.74, 6) is -1.90. The van der Waals surface area contributed by atoms with Gasteiger partial charge in [0.05, 0.1) is 17.9 Å². The first kappa shape index (κ1) is 28.6. The predicted octanol–water partition coefficient (Wildman–Crippen LogP) is 2.52. The molecule has 0 aliphatic carbocycles. The molecule has 196 valence electrons. The predicted molar refractivity (Wildman–Crippen MR) is 132 cm³/mol. The SMILES string of the molecule is CCCCNc1cc(C(=O)OCC(=O)N(C)CC(=O)OCC)cc(S(N)(=O)=O)c1Oc1ccccc1. The monoisotopic (exact) mass is 521 g/mol. The molecule has 1 amide bonds. The van der Waals surface area contributed by atoms with E-state index >= 15 is 0 Å². The summed E-state index contributed by atoms with van der Waals surface area (Å²) in [7, 11) is -2.97. The van der Waals surface area contributed by atoms with E-state index in [2.05, 4.69) is 5.32 Å². The molecule has 2 rings (SSSR count). The maximum atomic E-state index is 12.7. The van der Waals surface area contributed by atoms with Crippen molar-refractivity contribution in [3.8, 4) is 11.5 Å². The number of para-hydroxylation sites is 1. The van der Waals surface area contributed by atoms with Gasteiger partial charge in [0.2, 0.25) is 10.0 Å². The van der Waals surface area contributed by atoms with Gasteiger partial charge in [0.15, 0.2) is 12.4 Å². The molecule has 3 N–H and O–H groups in total. The molecule has 0 saturated heterocycles. The van der Waals surface area contributed by atoms with Gasteiger partial charge in [-0.15, -0.1) is 0 Å². The molecule has 2 aromatic carbocycles. The van der Waals surface area contributed by atoms with Crippen LogP contribution in [0.4, 0.5) is 5.69 Å². The van der Waals surface area contributed by atoms with Crippen molar-refractivity contribution in [1.82, 2.24) is 4.90 Å². The van der Waals surface area contributed by atoms with E-state index in [-0.39, 0.29) is 30.2 Å². The van der Waals surface area contributed by atoms with E-state index in [0.717, 1.165) is 23.8 Å². The van der Waals surface area contributed by atoms with E-state index in [0.29, 0.717) is 12.3 Å². The molecule has 36 heavy (non-hydrogen) atoms. The number of unbranched alkanes of at least 4 members (excludes halogenated alkanes) is 1. The molecule has 0 radical (unpaired) electrons. The lowest BCUT2D eigenvalue weighted by atomic mass is 10.1. The topological polar surface area (TPSA) is 154 Å². The fourth-order valence-corrected chi connectivity index (χ4v) is 3.68. The normalized spacial score (nSPS) is 10.9. The van der Waals surface area contributed by atoms with Crippen molar-refractivity contribution in [2.24, 2.45) is 5.14 Å². The number of ether oxygens (including phenoxy) is 3. The van der Waals surface area contributed by atoms with Crippen molar-refractivity contribution < 1.29 is 37.0 Å². The quantitative estimate of drug-likeness (QED) is 0.299. The van der Waals surface area contributed by atoms with Crippen molar-refractivity contribution in [3.05, 3.63) is 48.0 Å². The van der Waals surface area contributed by atoms with Gasteiger partial charge in [0.25, 0.3) is 5.91 Å².